The first-order valence-corrected chi connectivity index (χ1v) is 6.45. The number of halogens is 1. The number of benzene rings is 1. The number of amides is 1. The summed E-state index contributed by atoms with van der Waals surface area (Å²) in [5.41, 5.74) is 6.28. The highest BCUT2D eigenvalue weighted by Crippen LogP contribution is 2.13. The van der Waals surface area contributed by atoms with Crippen LogP contribution >= 0.6 is 11.6 Å². The average Bonchev–Trinajstić information content (AvgIpc) is 2.41. The van der Waals surface area contributed by atoms with Gasteiger partial charge in [-0.1, -0.05) is 35.9 Å². The second kappa shape index (κ2) is 8.69. The van der Waals surface area contributed by atoms with Crippen LogP contribution in [-0.4, -0.2) is 32.2 Å². The van der Waals surface area contributed by atoms with Crippen LogP contribution in [0.5, 0.6) is 0 Å². The largest absolute Gasteiger partial charge is 0.371 e. The van der Waals surface area contributed by atoms with Crippen molar-refractivity contribution in [2.45, 2.75) is 12.5 Å². The van der Waals surface area contributed by atoms with E-state index < -0.39 is 6.10 Å². The molecule has 104 valence electrons. The Hall–Kier alpha value is -1.36. The normalized spacial score (nSPS) is 12.6. The monoisotopic (exact) mass is 282 g/mol. The van der Waals surface area contributed by atoms with Gasteiger partial charge in [0.15, 0.2) is 0 Å². The van der Waals surface area contributed by atoms with Gasteiger partial charge in [-0.15, -0.1) is 0 Å². The number of hydrogen-bond donors (Lipinski definition) is 2. The molecule has 0 bridgehead atoms. The van der Waals surface area contributed by atoms with Gasteiger partial charge >= 0.3 is 0 Å². The second-order valence-corrected chi connectivity index (χ2v) is 4.45. The van der Waals surface area contributed by atoms with Gasteiger partial charge in [0.05, 0.1) is 0 Å². The van der Waals surface area contributed by atoms with Crippen LogP contribution in [0.25, 0.3) is 0 Å². The van der Waals surface area contributed by atoms with Crippen molar-refractivity contribution in [2.24, 2.45) is 5.73 Å². The van der Waals surface area contributed by atoms with E-state index in [2.05, 4.69) is 5.32 Å². The van der Waals surface area contributed by atoms with Crippen LogP contribution in [0, 0.1) is 0 Å². The maximum Gasteiger partial charge on any atom is 0.249 e. The quantitative estimate of drug-likeness (QED) is 0.746. The number of carbonyl (C=O) groups is 1. The molecule has 0 aliphatic carbocycles. The summed E-state index contributed by atoms with van der Waals surface area (Å²) in [5.74, 6) is -0.149. The smallest absolute Gasteiger partial charge is 0.249 e. The summed E-state index contributed by atoms with van der Waals surface area (Å²) in [4.78, 5) is 11.9. The predicted octanol–water partition coefficient (Wildman–Crippen LogP) is 1.53. The SMILES string of the molecule is CO[C@@H](Cc1cccc(Cl)c1)C(=O)NC/C=C/CN. The van der Waals surface area contributed by atoms with Crippen molar-refractivity contribution in [3.05, 3.63) is 47.0 Å². The Morgan fingerprint density at radius 1 is 1.53 bits per heavy atom. The van der Waals surface area contributed by atoms with Gasteiger partial charge < -0.3 is 15.8 Å². The van der Waals surface area contributed by atoms with Gasteiger partial charge in [0.1, 0.15) is 6.10 Å². The molecular weight excluding hydrogens is 264 g/mol. The van der Waals surface area contributed by atoms with E-state index in [4.69, 9.17) is 22.1 Å². The van der Waals surface area contributed by atoms with E-state index in [1.165, 1.54) is 7.11 Å². The third-order valence-corrected chi connectivity index (χ3v) is 2.82. The minimum atomic E-state index is -0.523. The minimum Gasteiger partial charge on any atom is -0.371 e. The minimum absolute atomic E-state index is 0.149. The molecule has 1 aromatic carbocycles. The molecule has 5 heteroatoms. The Bertz CT molecular complexity index is 435. The lowest BCUT2D eigenvalue weighted by Crippen LogP contribution is -2.37. The standard InChI is InChI=1S/C14H19ClN2O2/c1-19-13(14(18)17-8-3-2-7-16)10-11-5-4-6-12(15)9-11/h2-6,9,13H,7-8,10,16H2,1H3,(H,17,18)/b3-2+/t13-/m0/s1. The molecule has 0 unspecified atom stereocenters. The predicted molar refractivity (Wildman–Crippen MR) is 77.2 cm³/mol. The van der Waals surface area contributed by atoms with Crippen LogP contribution in [0.1, 0.15) is 5.56 Å². The molecule has 0 fully saturated rings. The van der Waals surface area contributed by atoms with Crippen molar-refractivity contribution >= 4 is 17.5 Å². The topological polar surface area (TPSA) is 64.3 Å². The van der Waals surface area contributed by atoms with E-state index in [-0.39, 0.29) is 5.91 Å². The Labute approximate surface area is 118 Å². The summed E-state index contributed by atoms with van der Waals surface area (Å²) in [6.45, 7) is 0.914. The van der Waals surface area contributed by atoms with Gasteiger partial charge in [-0.3, -0.25) is 4.79 Å². The van der Waals surface area contributed by atoms with Crippen molar-refractivity contribution in [3.8, 4) is 0 Å². The van der Waals surface area contributed by atoms with Crippen LogP contribution in [0.4, 0.5) is 0 Å². The summed E-state index contributed by atoms with van der Waals surface area (Å²) in [5, 5.41) is 3.42. The Morgan fingerprint density at radius 2 is 2.32 bits per heavy atom. The summed E-state index contributed by atoms with van der Waals surface area (Å²) >= 11 is 5.91. The van der Waals surface area contributed by atoms with Gasteiger partial charge in [-0.2, -0.15) is 0 Å². The maximum atomic E-state index is 11.9. The lowest BCUT2D eigenvalue weighted by Gasteiger charge is -2.14. The van der Waals surface area contributed by atoms with Crippen molar-refractivity contribution in [1.29, 1.82) is 0 Å². The first-order chi connectivity index (χ1) is 9.17. The zero-order valence-electron chi connectivity index (χ0n) is 10.9. The molecule has 1 aromatic rings. The molecule has 1 amide bonds. The summed E-state index contributed by atoms with van der Waals surface area (Å²) in [7, 11) is 1.52. The summed E-state index contributed by atoms with van der Waals surface area (Å²) in [6.07, 6.45) is 3.57. The highest BCUT2D eigenvalue weighted by Gasteiger charge is 2.17. The van der Waals surface area contributed by atoms with E-state index >= 15 is 0 Å². The van der Waals surface area contributed by atoms with E-state index in [0.29, 0.717) is 24.5 Å². The van der Waals surface area contributed by atoms with E-state index in [1.54, 1.807) is 12.1 Å². The van der Waals surface area contributed by atoms with Crippen molar-refractivity contribution < 1.29 is 9.53 Å². The van der Waals surface area contributed by atoms with Crippen molar-refractivity contribution in [1.82, 2.24) is 5.32 Å². The Kier molecular flexibility index (Phi) is 7.18. The first kappa shape index (κ1) is 15.7. The second-order valence-electron chi connectivity index (χ2n) is 4.01. The Morgan fingerprint density at radius 3 is 2.95 bits per heavy atom. The number of methoxy groups -OCH3 is 1. The highest BCUT2D eigenvalue weighted by atomic mass is 35.5. The van der Waals surface area contributed by atoms with Gasteiger partial charge in [-0.05, 0) is 17.7 Å². The molecule has 0 aliphatic rings. The molecule has 4 nitrogen and oxygen atoms in total. The third-order valence-electron chi connectivity index (χ3n) is 2.58. The highest BCUT2D eigenvalue weighted by molar-refractivity contribution is 6.30. The molecule has 0 saturated carbocycles. The fourth-order valence-electron chi connectivity index (χ4n) is 1.61. The molecule has 19 heavy (non-hydrogen) atoms. The fraction of sp³-hybridized carbons (Fsp3) is 0.357. The summed E-state index contributed by atoms with van der Waals surface area (Å²) in [6, 6.07) is 7.39. The van der Waals surface area contributed by atoms with Gasteiger partial charge in [-0.25, -0.2) is 0 Å². The zero-order chi connectivity index (χ0) is 14.1. The molecule has 0 saturated heterocycles. The molecule has 1 atom stereocenters. The first-order valence-electron chi connectivity index (χ1n) is 6.07. The zero-order valence-corrected chi connectivity index (χ0v) is 11.7. The van der Waals surface area contributed by atoms with E-state index in [0.717, 1.165) is 5.56 Å². The third kappa shape index (κ3) is 5.87. The lowest BCUT2D eigenvalue weighted by atomic mass is 10.1. The van der Waals surface area contributed by atoms with Crippen LogP contribution < -0.4 is 11.1 Å². The molecule has 0 aliphatic heterocycles. The van der Waals surface area contributed by atoms with E-state index in [1.807, 2.05) is 24.3 Å². The molecule has 0 heterocycles. The maximum absolute atomic E-state index is 11.9. The van der Waals surface area contributed by atoms with Crippen molar-refractivity contribution in [3.63, 3.8) is 0 Å². The number of ether oxygens (including phenoxy) is 1. The molecule has 0 radical (unpaired) electrons. The number of carbonyl (C=O) groups excluding carboxylic acids is 1. The average molecular weight is 283 g/mol. The fourth-order valence-corrected chi connectivity index (χ4v) is 1.83. The van der Waals surface area contributed by atoms with Gasteiger partial charge in [0.2, 0.25) is 5.91 Å². The van der Waals surface area contributed by atoms with Crippen LogP contribution in [0.3, 0.4) is 0 Å². The Balaban J connectivity index is 2.52. The van der Waals surface area contributed by atoms with Crippen LogP contribution in [0.15, 0.2) is 36.4 Å². The molecule has 1 rings (SSSR count). The number of nitrogens with one attached hydrogen (secondary N) is 1. The summed E-state index contributed by atoms with van der Waals surface area (Å²) < 4.78 is 5.21. The van der Waals surface area contributed by atoms with Crippen LogP contribution in [-0.2, 0) is 16.0 Å². The van der Waals surface area contributed by atoms with Gasteiger partial charge in [0.25, 0.3) is 0 Å². The molecular formula is C14H19ClN2O2. The van der Waals surface area contributed by atoms with E-state index in [9.17, 15) is 4.79 Å². The van der Waals surface area contributed by atoms with Gasteiger partial charge in [0, 0.05) is 31.6 Å². The lowest BCUT2D eigenvalue weighted by molar-refractivity contribution is -0.130. The number of hydrogen-bond acceptors (Lipinski definition) is 3. The number of nitrogens with two attached hydrogens (primary N) is 1. The molecule has 0 spiro atoms. The molecule has 3 N–H and O–H groups in total. The van der Waals surface area contributed by atoms with Crippen LogP contribution in [0.2, 0.25) is 5.02 Å². The number of rotatable bonds is 7. The molecule has 0 aromatic heterocycles. The van der Waals surface area contributed by atoms with Crippen molar-refractivity contribution in [2.75, 3.05) is 20.2 Å².